The highest BCUT2D eigenvalue weighted by molar-refractivity contribution is 5.97. The van der Waals surface area contributed by atoms with Crippen LogP contribution < -0.4 is 9.47 Å². The molecule has 0 unspecified atom stereocenters. The van der Waals surface area contributed by atoms with Gasteiger partial charge in [0.05, 0.1) is 31.7 Å². The van der Waals surface area contributed by atoms with Gasteiger partial charge in [0.2, 0.25) is 27.2 Å². The molecule has 0 fully saturated rings. The van der Waals surface area contributed by atoms with Gasteiger partial charge in [-0.3, -0.25) is 57.7 Å². The molecule has 1 aliphatic carbocycles. The van der Waals surface area contributed by atoms with Crippen molar-refractivity contribution < 1.29 is 105 Å². The molecule has 0 bridgehead atoms. The van der Waals surface area contributed by atoms with Crippen LogP contribution in [-0.4, -0.2) is 129 Å². The lowest BCUT2D eigenvalue weighted by Crippen LogP contribution is -2.40. The van der Waals surface area contributed by atoms with E-state index in [2.05, 4.69) is 0 Å². The molecule has 3 aromatic carbocycles. The van der Waals surface area contributed by atoms with E-state index in [0.29, 0.717) is 16.7 Å². The second-order valence-electron chi connectivity index (χ2n) is 15.5. The molecule has 1 spiro atoms. The number of hydrogen-bond donors (Lipinski definition) is 0. The van der Waals surface area contributed by atoms with Crippen LogP contribution in [0.5, 0.6) is 11.5 Å². The fourth-order valence-electron chi connectivity index (χ4n) is 7.60. The summed E-state index contributed by atoms with van der Waals surface area (Å²) in [6.07, 6.45) is -0.204. The molecule has 0 saturated heterocycles. The zero-order chi connectivity index (χ0) is 52.0. The average molecular weight is 993 g/mol. The Bertz CT molecular complexity index is 2410. The highest BCUT2D eigenvalue weighted by Gasteiger charge is 2.53. The maximum absolute atomic E-state index is 14.0. The summed E-state index contributed by atoms with van der Waals surface area (Å²) in [6.45, 7) is -0.159. The fraction of sp³-hybridized carbons (Fsp3) is 0.383. The summed E-state index contributed by atoms with van der Waals surface area (Å²) in [5, 5.41) is 0. The predicted molar refractivity (Wildman–Crippen MR) is 232 cm³/mol. The molecule has 24 heteroatoms. The Kier molecular flexibility index (Phi) is 18.4. The first-order valence-corrected chi connectivity index (χ1v) is 21.3. The van der Waals surface area contributed by atoms with E-state index in [4.69, 9.17) is 52.1 Å². The van der Waals surface area contributed by atoms with Crippen LogP contribution in [0.2, 0.25) is 0 Å². The number of rotatable bonds is 22. The Labute approximate surface area is 404 Å². The summed E-state index contributed by atoms with van der Waals surface area (Å²) in [6, 6.07) is 12.4. The third-order valence-electron chi connectivity index (χ3n) is 10.3. The third kappa shape index (κ3) is 14.4. The van der Waals surface area contributed by atoms with E-state index in [1.54, 1.807) is 30.3 Å². The van der Waals surface area contributed by atoms with E-state index >= 15 is 0 Å². The minimum absolute atomic E-state index is 0.0932. The van der Waals surface area contributed by atoms with E-state index in [-0.39, 0.29) is 45.7 Å². The molecule has 0 saturated carbocycles. The molecule has 0 radical (unpaired) electrons. The maximum atomic E-state index is 14.0. The van der Waals surface area contributed by atoms with Gasteiger partial charge in [0, 0.05) is 82.4 Å². The van der Waals surface area contributed by atoms with E-state index in [9.17, 15) is 52.7 Å². The topological polar surface area (TPSA) is 296 Å². The van der Waals surface area contributed by atoms with Crippen molar-refractivity contribution in [1.82, 2.24) is 9.80 Å². The average Bonchev–Trinajstić information content (AvgIpc) is 3.56. The number of fused-ring (bicyclic) bond motifs is 6. The third-order valence-corrected chi connectivity index (χ3v) is 10.3. The van der Waals surface area contributed by atoms with Crippen molar-refractivity contribution in [3.63, 3.8) is 0 Å². The molecule has 24 nitrogen and oxygen atoms in total. The molecule has 0 atom stereocenters. The smallest absolute Gasteiger partial charge is 0.340 e. The number of nitrogens with zero attached hydrogens (tertiary/aromatic N) is 2. The second kappa shape index (κ2) is 24.3. The first-order chi connectivity index (χ1) is 33.7. The van der Waals surface area contributed by atoms with Crippen LogP contribution in [0.1, 0.15) is 90.8 Å². The van der Waals surface area contributed by atoms with Gasteiger partial charge >= 0.3 is 65.7 Å². The summed E-state index contributed by atoms with van der Waals surface area (Å²) in [5.41, 5.74) is 0.109. The Morgan fingerprint density at radius 2 is 0.817 bits per heavy atom. The number of carbonyl (C=O) groups is 11. The second-order valence-corrected chi connectivity index (χ2v) is 15.5. The van der Waals surface area contributed by atoms with Crippen LogP contribution in [0.4, 0.5) is 0 Å². The lowest BCUT2D eigenvalue weighted by molar-refractivity contribution is -0.171. The molecule has 71 heavy (non-hydrogen) atoms. The van der Waals surface area contributed by atoms with Crippen LogP contribution in [0.3, 0.4) is 0 Å². The van der Waals surface area contributed by atoms with Gasteiger partial charge in [-0.05, 0) is 35.7 Å². The van der Waals surface area contributed by atoms with Crippen LogP contribution in [0.25, 0.3) is 0 Å². The molecule has 2 aliphatic rings. The SMILES string of the molecule is CC(=O)OCOC(=O)CN(CC(=O)OCOC(C)=O)Cc1c(OC(C)=O)ccc2c1Cc1c(ccc(OC(C)=O)c1CN(CC(=O)OCOC(C)=O)CC(=O)OCOC(C)=O)C21OC(=O)c2ccccc21. The number of ether oxygens (including phenoxy) is 11. The van der Waals surface area contributed by atoms with Gasteiger partial charge in [-0.1, -0.05) is 30.3 Å². The number of hydrogen-bond acceptors (Lipinski definition) is 24. The minimum atomic E-state index is -1.84. The van der Waals surface area contributed by atoms with E-state index in [1.807, 2.05) is 0 Å². The zero-order valence-electron chi connectivity index (χ0n) is 39.3. The summed E-state index contributed by atoms with van der Waals surface area (Å²) < 4.78 is 57.1. The van der Waals surface area contributed by atoms with Gasteiger partial charge in [0.1, 0.15) is 11.5 Å². The van der Waals surface area contributed by atoms with Gasteiger partial charge in [0.15, 0.2) is 5.60 Å². The summed E-state index contributed by atoms with van der Waals surface area (Å²) in [4.78, 5) is 141. The first kappa shape index (κ1) is 53.7. The van der Waals surface area contributed by atoms with Gasteiger partial charge in [-0.2, -0.15) is 0 Å². The van der Waals surface area contributed by atoms with E-state index in [1.165, 1.54) is 28.0 Å². The predicted octanol–water partition coefficient (Wildman–Crippen LogP) is 1.76. The van der Waals surface area contributed by atoms with E-state index in [0.717, 1.165) is 41.5 Å². The van der Waals surface area contributed by atoms with Crippen LogP contribution >= 0.6 is 0 Å². The maximum Gasteiger partial charge on any atom is 0.340 e. The van der Waals surface area contributed by atoms with Crippen LogP contribution in [0.15, 0.2) is 48.5 Å². The standard InChI is InChI=1S/C47H48N2O22/c1-26(50)61-22-65-42(56)18-48(19-43(57)66-23-62-27(2)51)16-35-33-15-34-36(17-49(20-44(58)67-24-63-28(3)52)21-45(59)68-25-64-29(4)53)41(70-31(6)55)14-12-39(34)47(38(33)11-13-40(35)69-30(5)54)37-10-8-7-9-32(37)46(60)71-47/h7-14H,15-25H2,1-6H3. The van der Waals surface area contributed by atoms with Gasteiger partial charge in [-0.25, -0.2) is 4.79 Å². The highest BCUT2D eigenvalue weighted by atomic mass is 16.7. The lowest BCUT2D eigenvalue weighted by atomic mass is 9.69. The number of benzene rings is 3. The van der Waals surface area contributed by atoms with Crippen molar-refractivity contribution in [2.24, 2.45) is 0 Å². The molecule has 5 rings (SSSR count). The monoisotopic (exact) mass is 992 g/mol. The van der Waals surface area contributed by atoms with Crippen molar-refractivity contribution in [2.45, 2.75) is 66.7 Å². The Morgan fingerprint density at radius 3 is 1.15 bits per heavy atom. The fourth-order valence-corrected chi connectivity index (χ4v) is 7.60. The van der Waals surface area contributed by atoms with Gasteiger partial charge in [0.25, 0.3) is 0 Å². The van der Waals surface area contributed by atoms with Crippen molar-refractivity contribution in [3.8, 4) is 11.5 Å². The Hall–Kier alpha value is -8.25. The van der Waals surface area contributed by atoms with E-state index < -0.39 is 138 Å². The van der Waals surface area contributed by atoms with Crippen LogP contribution in [-0.2, 0) is 116 Å². The van der Waals surface area contributed by atoms with Crippen molar-refractivity contribution in [2.75, 3.05) is 53.4 Å². The molecule has 0 amide bonds. The lowest BCUT2D eigenvalue weighted by Gasteiger charge is -2.40. The van der Waals surface area contributed by atoms with Crippen molar-refractivity contribution in [3.05, 3.63) is 93.0 Å². The highest BCUT2D eigenvalue weighted by Crippen LogP contribution is 2.55. The summed E-state index contributed by atoms with van der Waals surface area (Å²) in [5.74, 6) is -9.54. The minimum Gasteiger partial charge on any atom is -0.441 e. The zero-order valence-corrected chi connectivity index (χ0v) is 39.3. The van der Waals surface area contributed by atoms with Gasteiger partial charge < -0.3 is 52.1 Å². The number of esters is 11. The van der Waals surface area contributed by atoms with Crippen molar-refractivity contribution >= 4 is 65.7 Å². The molecule has 1 heterocycles. The van der Waals surface area contributed by atoms with Crippen molar-refractivity contribution in [1.29, 1.82) is 0 Å². The first-order valence-electron chi connectivity index (χ1n) is 21.3. The normalized spacial score (nSPS) is 12.5. The molecule has 1 aliphatic heterocycles. The molecular formula is C47H48N2O22. The summed E-state index contributed by atoms with van der Waals surface area (Å²) in [7, 11) is 0. The molecule has 378 valence electrons. The molecule has 0 N–H and O–H groups in total. The van der Waals surface area contributed by atoms with Crippen LogP contribution in [0, 0.1) is 0 Å². The Morgan fingerprint density at radius 1 is 0.465 bits per heavy atom. The molecular weight excluding hydrogens is 945 g/mol. The molecule has 3 aromatic rings. The largest absolute Gasteiger partial charge is 0.441 e. The summed E-state index contributed by atoms with van der Waals surface area (Å²) >= 11 is 0. The molecule has 0 aromatic heterocycles. The van der Waals surface area contributed by atoms with Gasteiger partial charge in [-0.15, -0.1) is 0 Å². The quantitative estimate of drug-likeness (QED) is 0.0599. The number of carbonyl (C=O) groups excluding carboxylic acids is 11. The Balaban J connectivity index is 1.75.